The van der Waals surface area contributed by atoms with Crippen LogP contribution in [0.25, 0.3) is 11.3 Å². The maximum atomic E-state index is 11.1. The molecule has 0 unspecified atom stereocenters. The summed E-state index contributed by atoms with van der Waals surface area (Å²) in [6.45, 7) is 0.000261. The second-order valence-electron chi connectivity index (χ2n) is 3.59. The molecular formula is C12H9ClN4O. The maximum Gasteiger partial charge on any atom is 0.156 e. The molecule has 0 saturated carbocycles. The van der Waals surface area contributed by atoms with Gasteiger partial charge >= 0.3 is 0 Å². The molecule has 1 aromatic carbocycles. The van der Waals surface area contributed by atoms with Gasteiger partial charge in [0.2, 0.25) is 0 Å². The number of benzene rings is 1. The number of aldehydes is 1. The van der Waals surface area contributed by atoms with Gasteiger partial charge in [0, 0.05) is 10.6 Å². The van der Waals surface area contributed by atoms with E-state index in [1.54, 1.807) is 24.3 Å². The van der Waals surface area contributed by atoms with Crippen LogP contribution >= 0.6 is 11.6 Å². The Morgan fingerprint density at radius 3 is 2.67 bits per heavy atom. The number of carbonyl (C=O) groups is 1. The summed E-state index contributed by atoms with van der Waals surface area (Å²) in [5, 5.41) is 13.4. The molecule has 0 atom stereocenters. The number of nitrogens with zero attached hydrogens (tertiary/aromatic N) is 3. The highest BCUT2D eigenvalue weighted by Gasteiger charge is 2.16. The minimum atomic E-state index is 0.000261. The smallest absolute Gasteiger partial charge is 0.156 e. The van der Waals surface area contributed by atoms with Crippen molar-refractivity contribution in [3.63, 3.8) is 0 Å². The highest BCUT2D eigenvalue weighted by molar-refractivity contribution is 6.30. The average Bonchev–Trinajstić information content (AvgIpc) is 2.68. The standard InChI is InChI=1S/C12H9ClN4O/c13-9-3-1-8(2-4-9)11-10(7-18)12(15)17(16-11)6-5-14/h1-4,7H,6,15H2. The lowest BCUT2D eigenvalue weighted by Gasteiger charge is -1.97. The second-order valence-corrected chi connectivity index (χ2v) is 4.02. The Bertz CT molecular complexity index is 625. The van der Waals surface area contributed by atoms with Crippen molar-refractivity contribution in [2.24, 2.45) is 0 Å². The van der Waals surface area contributed by atoms with Crippen molar-refractivity contribution >= 4 is 23.7 Å². The largest absolute Gasteiger partial charge is 0.383 e. The van der Waals surface area contributed by atoms with Crippen LogP contribution in [-0.2, 0) is 6.54 Å². The van der Waals surface area contributed by atoms with Gasteiger partial charge in [-0.05, 0) is 12.1 Å². The summed E-state index contributed by atoms with van der Waals surface area (Å²) >= 11 is 5.80. The molecule has 0 saturated heterocycles. The Balaban J connectivity index is 2.57. The van der Waals surface area contributed by atoms with E-state index in [1.165, 1.54) is 4.68 Å². The van der Waals surface area contributed by atoms with Gasteiger partial charge in [0.1, 0.15) is 18.1 Å². The van der Waals surface area contributed by atoms with Crippen LogP contribution in [-0.4, -0.2) is 16.1 Å². The average molecular weight is 261 g/mol. The molecule has 6 heteroatoms. The SMILES string of the molecule is N#CCn1nc(-c2ccc(Cl)cc2)c(C=O)c1N. The lowest BCUT2D eigenvalue weighted by molar-refractivity contribution is 0.112. The van der Waals surface area contributed by atoms with E-state index in [0.29, 0.717) is 17.0 Å². The van der Waals surface area contributed by atoms with E-state index in [9.17, 15) is 4.79 Å². The summed E-state index contributed by atoms with van der Waals surface area (Å²) in [5.41, 5.74) is 7.22. The Labute approximate surface area is 108 Å². The fourth-order valence-electron chi connectivity index (χ4n) is 1.61. The van der Waals surface area contributed by atoms with Gasteiger partial charge < -0.3 is 5.73 Å². The zero-order chi connectivity index (χ0) is 13.1. The van der Waals surface area contributed by atoms with Crippen molar-refractivity contribution < 1.29 is 4.79 Å². The second kappa shape index (κ2) is 4.90. The highest BCUT2D eigenvalue weighted by Crippen LogP contribution is 2.26. The Kier molecular flexibility index (Phi) is 3.31. The third-order valence-electron chi connectivity index (χ3n) is 2.49. The minimum absolute atomic E-state index is 0.000261. The quantitative estimate of drug-likeness (QED) is 0.857. The molecule has 2 aromatic rings. The first-order chi connectivity index (χ1) is 8.67. The molecule has 0 spiro atoms. The molecule has 0 aliphatic rings. The lowest BCUT2D eigenvalue weighted by Crippen LogP contribution is -2.03. The number of nitriles is 1. The number of hydrogen-bond donors (Lipinski definition) is 1. The first-order valence-corrected chi connectivity index (χ1v) is 5.49. The predicted octanol–water partition coefficient (Wildman–Crippen LogP) is 2.12. The number of hydrogen-bond acceptors (Lipinski definition) is 4. The van der Waals surface area contributed by atoms with Crippen molar-refractivity contribution in [2.45, 2.75) is 6.54 Å². The molecule has 0 bridgehead atoms. The zero-order valence-electron chi connectivity index (χ0n) is 9.30. The lowest BCUT2D eigenvalue weighted by atomic mass is 10.1. The van der Waals surface area contributed by atoms with Crippen molar-refractivity contribution in [1.82, 2.24) is 9.78 Å². The molecule has 0 aliphatic carbocycles. The molecule has 2 N–H and O–H groups in total. The van der Waals surface area contributed by atoms with Gasteiger partial charge in [-0.3, -0.25) is 4.79 Å². The van der Waals surface area contributed by atoms with Crippen LogP contribution in [0.2, 0.25) is 5.02 Å². The first-order valence-electron chi connectivity index (χ1n) is 5.11. The van der Waals surface area contributed by atoms with Crippen LogP contribution in [0.5, 0.6) is 0 Å². The van der Waals surface area contributed by atoms with E-state index in [2.05, 4.69) is 5.10 Å². The molecule has 0 fully saturated rings. The van der Waals surface area contributed by atoms with Gasteiger partial charge in [0.05, 0.1) is 11.6 Å². The van der Waals surface area contributed by atoms with Gasteiger partial charge in [-0.15, -0.1) is 0 Å². The number of nitrogen functional groups attached to an aromatic ring is 1. The summed E-state index contributed by atoms with van der Waals surface area (Å²) < 4.78 is 1.30. The Hall–Kier alpha value is -2.32. The number of rotatable bonds is 3. The molecular weight excluding hydrogens is 252 g/mol. The molecule has 5 nitrogen and oxygen atoms in total. The summed E-state index contributed by atoms with van der Waals surface area (Å²) in [4.78, 5) is 11.1. The summed E-state index contributed by atoms with van der Waals surface area (Å²) in [6, 6.07) is 8.82. The number of aromatic nitrogens is 2. The number of halogens is 1. The molecule has 90 valence electrons. The van der Waals surface area contributed by atoms with Crippen LogP contribution in [0, 0.1) is 11.3 Å². The fourth-order valence-corrected chi connectivity index (χ4v) is 1.74. The highest BCUT2D eigenvalue weighted by atomic mass is 35.5. The third kappa shape index (κ3) is 2.06. The van der Waals surface area contributed by atoms with Gasteiger partial charge in [-0.1, -0.05) is 23.7 Å². The van der Waals surface area contributed by atoms with E-state index in [-0.39, 0.29) is 17.9 Å². The topological polar surface area (TPSA) is 84.7 Å². The monoisotopic (exact) mass is 260 g/mol. The molecule has 0 aliphatic heterocycles. The Morgan fingerprint density at radius 1 is 1.44 bits per heavy atom. The number of nitrogens with two attached hydrogens (primary N) is 1. The van der Waals surface area contributed by atoms with E-state index >= 15 is 0 Å². The van der Waals surface area contributed by atoms with Gasteiger partial charge in [-0.25, -0.2) is 4.68 Å². The zero-order valence-corrected chi connectivity index (χ0v) is 10.1. The molecule has 0 radical (unpaired) electrons. The normalized spacial score (nSPS) is 10.0. The first kappa shape index (κ1) is 12.1. The molecule has 0 amide bonds. The van der Waals surface area contributed by atoms with Crippen LogP contribution in [0.3, 0.4) is 0 Å². The van der Waals surface area contributed by atoms with Crippen molar-refractivity contribution in [3.05, 3.63) is 34.9 Å². The van der Waals surface area contributed by atoms with Gasteiger partial charge in [-0.2, -0.15) is 10.4 Å². The molecule has 18 heavy (non-hydrogen) atoms. The fraction of sp³-hybridized carbons (Fsp3) is 0.0833. The minimum Gasteiger partial charge on any atom is -0.383 e. The van der Waals surface area contributed by atoms with Gasteiger partial charge in [0.25, 0.3) is 0 Å². The number of anilines is 1. The molecule has 2 rings (SSSR count). The number of carbonyl (C=O) groups excluding carboxylic acids is 1. The summed E-state index contributed by atoms with van der Waals surface area (Å²) in [7, 11) is 0. The van der Waals surface area contributed by atoms with Crippen LogP contribution in [0.1, 0.15) is 10.4 Å². The maximum absolute atomic E-state index is 11.1. The van der Waals surface area contributed by atoms with Crippen LogP contribution < -0.4 is 5.73 Å². The Morgan fingerprint density at radius 2 is 2.11 bits per heavy atom. The van der Waals surface area contributed by atoms with E-state index in [0.717, 1.165) is 5.56 Å². The predicted molar refractivity (Wildman–Crippen MR) is 68.1 cm³/mol. The van der Waals surface area contributed by atoms with Crippen molar-refractivity contribution in [3.8, 4) is 17.3 Å². The summed E-state index contributed by atoms with van der Waals surface area (Å²) in [5.74, 6) is 0.191. The van der Waals surface area contributed by atoms with Crippen LogP contribution in [0.15, 0.2) is 24.3 Å². The van der Waals surface area contributed by atoms with Crippen molar-refractivity contribution in [1.29, 1.82) is 5.26 Å². The summed E-state index contributed by atoms with van der Waals surface area (Å²) in [6.07, 6.45) is 0.639. The van der Waals surface area contributed by atoms with Crippen molar-refractivity contribution in [2.75, 3.05) is 5.73 Å². The molecule has 1 heterocycles. The molecule has 1 aromatic heterocycles. The van der Waals surface area contributed by atoms with E-state index < -0.39 is 0 Å². The third-order valence-corrected chi connectivity index (χ3v) is 2.74. The van der Waals surface area contributed by atoms with E-state index in [1.807, 2.05) is 6.07 Å². The van der Waals surface area contributed by atoms with Gasteiger partial charge in [0.15, 0.2) is 6.29 Å². The van der Waals surface area contributed by atoms with Crippen LogP contribution in [0.4, 0.5) is 5.82 Å². The van der Waals surface area contributed by atoms with E-state index in [4.69, 9.17) is 22.6 Å².